The molecule has 1 heterocycles. The average molecular weight is 307 g/mol. The van der Waals surface area contributed by atoms with Crippen LogP contribution in [0.15, 0.2) is 41.6 Å². The Morgan fingerprint density at radius 2 is 2.10 bits per heavy atom. The van der Waals surface area contributed by atoms with Gasteiger partial charge in [0.05, 0.1) is 16.8 Å². The van der Waals surface area contributed by atoms with Crippen molar-refractivity contribution in [2.45, 2.75) is 18.4 Å². The van der Waals surface area contributed by atoms with Gasteiger partial charge < -0.3 is 10.1 Å². The predicted molar refractivity (Wildman–Crippen MR) is 79.0 cm³/mol. The van der Waals surface area contributed by atoms with Crippen molar-refractivity contribution in [1.29, 1.82) is 0 Å². The fraction of sp³-hybridized carbons (Fsp3) is 0.286. The second-order valence-corrected chi connectivity index (χ2v) is 6.49. The van der Waals surface area contributed by atoms with Crippen LogP contribution in [0.5, 0.6) is 11.6 Å². The lowest BCUT2D eigenvalue weighted by Gasteiger charge is -2.07. The van der Waals surface area contributed by atoms with E-state index in [2.05, 4.69) is 15.3 Å². The number of ether oxygens (including phenoxy) is 1. The summed E-state index contributed by atoms with van der Waals surface area (Å²) in [6, 6.07) is 6.29. The number of benzene rings is 1. The van der Waals surface area contributed by atoms with Crippen LogP contribution >= 0.6 is 0 Å². The van der Waals surface area contributed by atoms with Gasteiger partial charge in [-0.15, -0.1) is 0 Å². The van der Waals surface area contributed by atoms with Gasteiger partial charge in [0.25, 0.3) is 0 Å². The normalized spacial score (nSPS) is 11.3. The van der Waals surface area contributed by atoms with E-state index < -0.39 is 9.84 Å². The smallest absolute Gasteiger partial charge is 0.238 e. The lowest BCUT2D eigenvalue weighted by atomic mass is 10.3. The minimum atomic E-state index is -3.26. The van der Waals surface area contributed by atoms with Crippen molar-refractivity contribution in [3.05, 3.63) is 42.4 Å². The van der Waals surface area contributed by atoms with Crippen LogP contribution < -0.4 is 10.1 Å². The van der Waals surface area contributed by atoms with E-state index in [4.69, 9.17) is 4.74 Å². The van der Waals surface area contributed by atoms with Crippen molar-refractivity contribution in [3.8, 4) is 11.6 Å². The Kier molecular flexibility index (Phi) is 4.87. The summed E-state index contributed by atoms with van der Waals surface area (Å²) in [6.45, 7) is 3.44. The topological polar surface area (TPSA) is 81.2 Å². The summed E-state index contributed by atoms with van der Waals surface area (Å²) in [7, 11) is -3.26. The first-order chi connectivity index (χ1) is 9.99. The van der Waals surface area contributed by atoms with Gasteiger partial charge in [-0.1, -0.05) is 13.0 Å². The summed E-state index contributed by atoms with van der Waals surface area (Å²) in [5, 5.41) is 3.15. The lowest BCUT2D eigenvalue weighted by Crippen LogP contribution is -2.13. The maximum absolute atomic E-state index is 11.5. The van der Waals surface area contributed by atoms with Crippen molar-refractivity contribution in [2.75, 3.05) is 12.8 Å². The molecule has 0 radical (unpaired) electrons. The zero-order chi connectivity index (χ0) is 15.3. The van der Waals surface area contributed by atoms with E-state index in [9.17, 15) is 8.42 Å². The Morgan fingerprint density at radius 3 is 2.81 bits per heavy atom. The molecule has 6 nitrogen and oxygen atoms in total. The molecule has 0 unspecified atom stereocenters. The molecule has 2 aromatic rings. The van der Waals surface area contributed by atoms with E-state index in [0.29, 0.717) is 18.2 Å². The van der Waals surface area contributed by atoms with Crippen LogP contribution in [0, 0.1) is 0 Å². The molecule has 2 rings (SSSR count). The van der Waals surface area contributed by atoms with Crippen LogP contribution in [0.1, 0.15) is 12.6 Å². The lowest BCUT2D eigenvalue weighted by molar-refractivity contribution is 0.455. The molecule has 0 spiro atoms. The molecule has 0 bridgehead atoms. The van der Waals surface area contributed by atoms with Crippen molar-refractivity contribution >= 4 is 9.84 Å². The average Bonchev–Trinajstić information content (AvgIpc) is 2.45. The first-order valence-corrected chi connectivity index (χ1v) is 8.38. The van der Waals surface area contributed by atoms with Crippen molar-refractivity contribution < 1.29 is 13.2 Å². The molecular weight excluding hydrogens is 290 g/mol. The summed E-state index contributed by atoms with van der Waals surface area (Å²) >= 11 is 0. The minimum absolute atomic E-state index is 0.205. The van der Waals surface area contributed by atoms with Gasteiger partial charge in [0.2, 0.25) is 5.88 Å². The fourth-order valence-electron chi connectivity index (χ4n) is 1.66. The van der Waals surface area contributed by atoms with Crippen LogP contribution in [-0.4, -0.2) is 31.2 Å². The number of hydrogen-bond acceptors (Lipinski definition) is 6. The highest BCUT2D eigenvalue weighted by atomic mass is 32.2. The number of nitrogens with zero attached hydrogens (tertiary/aromatic N) is 2. The molecule has 0 aliphatic rings. The second-order valence-electron chi connectivity index (χ2n) is 4.48. The molecule has 0 aliphatic carbocycles. The van der Waals surface area contributed by atoms with Crippen LogP contribution in [0.25, 0.3) is 0 Å². The molecule has 112 valence electrons. The molecule has 1 N–H and O–H groups in total. The van der Waals surface area contributed by atoms with Gasteiger partial charge >= 0.3 is 0 Å². The molecule has 0 fully saturated rings. The van der Waals surface area contributed by atoms with E-state index in [1.807, 2.05) is 6.92 Å². The van der Waals surface area contributed by atoms with Gasteiger partial charge in [-0.3, -0.25) is 4.98 Å². The number of hydrogen-bond donors (Lipinski definition) is 1. The highest BCUT2D eigenvalue weighted by Gasteiger charge is 2.09. The molecule has 0 aliphatic heterocycles. The maximum Gasteiger partial charge on any atom is 0.238 e. The first kappa shape index (κ1) is 15.4. The highest BCUT2D eigenvalue weighted by molar-refractivity contribution is 7.90. The number of rotatable bonds is 6. The summed E-state index contributed by atoms with van der Waals surface area (Å²) in [5.74, 6) is 0.740. The zero-order valence-corrected chi connectivity index (χ0v) is 12.7. The highest BCUT2D eigenvalue weighted by Crippen LogP contribution is 2.22. The Hall–Kier alpha value is -1.99. The number of nitrogens with one attached hydrogen (secondary N) is 1. The maximum atomic E-state index is 11.5. The van der Waals surface area contributed by atoms with Gasteiger partial charge in [-0.25, -0.2) is 13.4 Å². The minimum Gasteiger partial charge on any atom is -0.437 e. The SMILES string of the molecule is CCNCc1cncc(Oc2cccc(S(C)(=O)=O)c2)n1. The Bertz CT molecular complexity index is 717. The van der Waals surface area contributed by atoms with Gasteiger partial charge in [-0.05, 0) is 24.7 Å². The van der Waals surface area contributed by atoms with Crippen LogP contribution in [-0.2, 0) is 16.4 Å². The van der Waals surface area contributed by atoms with E-state index in [-0.39, 0.29) is 4.90 Å². The third-order valence-electron chi connectivity index (χ3n) is 2.67. The Labute approximate surface area is 124 Å². The summed E-state index contributed by atoms with van der Waals surface area (Å²) in [4.78, 5) is 8.57. The van der Waals surface area contributed by atoms with Gasteiger partial charge in [0.1, 0.15) is 5.75 Å². The van der Waals surface area contributed by atoms with Gasteiger partial charge in [0, 0.05) is 19.0 Å². The van der Waals surface area contributed by atoms with E-state index in [0.717, 1.165) is 18.5 Å². The molecule has 0 saturated heterocycles. The Morgan fingerprint density at radius 1 is 1.29 bits per heavy atom. The summed E-state index contributed by atoms with van der Waals surface area (Å²) in [5.41, 5.74) is 0.758. The largest absolute Gasteiger partial charge is 0.437 e. The van der Waals surface area contributed by atoms with Gasteiger partial charge in [-0.2, -0.15) is 0 Å². The zero-order valence-electron chi connectivity index (χ0n) is 11.9. The van der Waals surface area contributed by atoms with Crippen LogP contribution in [0.4, 0.5) is 0 Å². The molecule has 1 aromatic carbocycles. The molecule has 0 amide bonds. The van der Waals surface area contributed by atoms with Crippen molar-refractivity contribution in [1.82, 2.24) is 15.3 Å². The molecule has 0 saturated carbocycles. The number of sulfone groups is 1. The second kappa shape index (κ2) is 6.64. The molecule has 21 heavy (non-hydrogen) atoms. The third-order valence-corrected chi connectivity index (χ3v) is 3.78. The van der Waals surface area contributed by atoms with Gasteiger partial charge in [0.15, 0.2) is 9.84 Å². The Balaban J connectivity index is 2.18. The van der Waals surface area contributed by atoms with Crippen LogP contribution in [0.2, 0.25) is 0 Å². The van der Waals surface area contributed by atoms with E-state index >= 15 is 0 Å². The molecule has 1 aromatic heterocycles. The van der Waals surface area contributed by atoms with Crippen LogP contribution in [0.3, 0.4) is 0 Å². The van der Waals surface area contributed by atoms with E-state index in [1.54, 1.807) is 18.3 Å². The fourth-order valence-corrected chi connectivity index (χ4v) is 2.32. The summed E-state index contributed by atoms with van der Waals surface area (Å²) < 4.78 is 28.6. The molecule has 0 atom stereocenters. The standard InChI is InChI=1S/C14H17N3O3S/c1-3-15-8-11-9-16-10-14(17-11)20-12-5-4-6-13(7-12)21(2,18)19/h4-7,9-10,15H,3,8H2,1-2H3. The van der Waals surface area contributed by atoms with Crippen molar-refractivity contribution in [2.24, 2.45) is 0 Å². The summed E-state index contributed by atoms with van der Waals surface area (Å²) in [6.07, 6.45) is 4.30. The quantitative estimate of drug-likeness (QED) is 0.876. The monoisotopic (exact) mass is 307 g/mol. The molecular formula is C14H17N3O3S. The molecule has 7 heteroatoms. The number of aromatic nitrogens is 2. The third kappa shape index (κ3) is 4.51. The first-order valence-electron chi connectivity index (χ1n) is 6.48. The predicted octanol–water partition coefficient (Wildman–Crippen LogP) is 1.78. The van der Waals surface area contributed by atoms with E-state index in [1.165, 1.54) is 18.3 Å². The van der Waals surface area contributed by atoms with Crippen molar-refractivity contribution in [3.63, 3.8) is 0 Å².